The summed E-state index contributed by atoms with van der Waals surface area (Å²) in [6.45, 7) is 4.95. The lowest BCUT2D eigenvalue weighted by atomic mass is 10.1. The highest BCUT2D eigenvalue weighted by atomic mass is 16.5. The van der Waals surface area contributed by atoms with Gasteiger partial charge >= 0.3 is 0 Å². The number of nitrogens with zero attached hydrogens (tertiary/aromatic N) is 3. The molecule has 2 heterocycles. The van der Waals surface area contributed by atoms with Crippen molar-refractivity contribution in [3.8, 4) is 0 Å². The monoisotopic (exact) mass is 281 g/mol. The van der Waals surface area contributed by atoms with Crippen molar-refractivity contribution >= 4 is 5.91 Å². The van der Waals surface area contributed by atoms with Crippen LogP contribution in [-0.2, 0) is 16.6 Å². The lowest BCUT2D eigenvalue weighted by Gasteiger charge is -2.26. The summed E-state index contributed by atoms with van der Waals surface area (Å²) in [5.41, 5.74) is 0.874. The summed E-state index contributed by atoms with van der Waals surface area (Å²) < 4.78 is 6.99. The lowest BCUT2D eigenvalue weighted by Crippen LogP contribution is -2.43. The number of nitrogens with one attached hydrogen (secondary N) is 2. The maximum atomic E-state index is 12.2. The first-order chi connectivity index (χ1) is 9.70. The molecule has 1 aromatic heterocycles. The van der Waals surface area contributed by atoms with Crippen molar-refractivity contribution in [2.75, 3.05) is 46.4 Å². The fourth-order valence-electron chi connectivity index (χ4n) is 2.30. The van der Waals surface area contributed by atoms with E-state index in [0.29, 0.717) is 6.54 Å². The van der Waals surface area contributed by atoms with Crippen LogP contribution in [0, 0.1) is 0 Å². The van der Waals surface area contributed by atoms with Crippen LogP contribution in [0.15, 0.2) is 12.4 Å². The molecule has 0 aliphatic carbocycles. The number of amides is 1. The zero-order valence-electron chi connectivity index (χ0n) is 12.1. The molecule has 2 N–H and O–H groups in total. The number of carbonyl (C=O) groups is 1. The van der Waals surface area contributed by atoms with E-state index in [0.717, 1.165) is 38.4 Å². The molecular formula is C13H23N5O2. The molecule has 20 heavy (non-hydrogen) atoms. The number of aryl methyl sites for hydroxylation is 1. The van der Waals surface area contributed by atoms with Crippen LogP contribution in [0.3, 0.4) is 0 Å². The van der Waals surface area contributed by atoms with Gasteiger partial charge in [-0.1, -0.05) is 0 Å². The highest BCUT2D eigenvalue weighted by Gasteiger charge is 2.20. The summed E-state index contributed by atoms with van der Waals surface area (Å²) >= 11 is 0. The molecule has 7 heteroatoms. The fourth-order valence-corrected chi connectivity index (χ4v) is 2.30. The van der Waals surface area contributed by atoms with Gasteiger partial charge < -0.3 is 15.4 Å². The van der Waals surface area contributed by atoms with Gasteiger partial charge in [-0.2, -0.15) is 5.10 Å². The first-order valence-corrected chi connectivity index (χ1v) is 6.94. The minimum Gasteiger partial charge on any atom is -0.379 e. The molecule has 7 nitrogen and oxygen atoms in total. The van der Waals surface area contributed by atoms with Crippen LogP contribution >= 0.6 is 0 Å². The van der Waals surface area contributed by atoms with E-state index >= 15 is 0 Å². The van der Waals surface area contributed by atoms with Crippen molar-refractivity contribution < 1.29 is 9.53 Å². The Morgan fingerprint density at radius 1 is 1.50 bits per heavy atom. The van der Waals surface area contributed by atoms with Crippen LogP contribution in [0.1, 0.15) is 11.6 Å². The van der Waals surface area contributed by atoms with Gasteiger partial charge in [-0.15, -0.1) is 0 Å². The normalized spacial score (nSPS) is 17.9. The zero-order chi connectivity index (χ0) is 14.4. The van der Waals surface area contributed by atoms with E-state index in [1.54, 1.807) is 17.9 Å². The fraction of sp³-hybridized carbons (Fsp3) is 0.692. The molecule has 1 unspecified atom stereocenters. The molecule has 1 aromatic rings. The van der Waals surface area contributed by atoms with Crippen LogP contribution in [0.2, 0.25) is 0 Å². The maximum absolute atomic E-state index is 12.2. The molecule has 1 aliphatic heterocycles. The third kappa shape index (κ3) is 4.03. The molecule has 0 aromatic carbocycles. The number of rotatable bonds is 6. The second-order valence-corrected chi connectivity index (χ2v) is 4.91. The van der Waals surface area contributed by atoms with Gasteiger partial charge in [0, 0.05) is 45.0 Å². The van der Waals surface area contributed by atoms with E-state index in [-0.39, 0.29) is 11.9 Å². The van der Waals surface area contributed by atoms with Crippen molar-refractivity contribution in [1.29, 1.82) is 0 Å². The molecule has 1 atom stereocenters. The minimum atomic E-state index is -0.353. The van der Waals surface area contributed by atoms with Crippen LogP contribution in [0.25, 0.3) is 0 Å². The van der Waals surface area contributed by atoms with E-state index in [1.807, 2.05) is 13.2 Å². The van der Waals surface area contributed by atoms with Gasteiger partial charge in [0.2, 0.25) is 5.91 Å². The SMILES string of the molecule is CNC(C(=O)NCCN1CCOCC1)c1cnn(C)c1. The Labute approximate surface area is 119 Å². The summed E-state index contributed by atoms with van der Waals surface area (Å²) in [5, 5.41) is 10.1. The number of morpholine rings is 1. The zero-order valence-corrected chi connectivity index (χ0v) is 12.1. The van der Waals surface area contributed by atoms with Crippen molar-refractivity contribution in [2.45, 2.75) is 6.04 Å². The van der Waals surface area contributed by atoms with Crippen LogP contribution in [-0.4, -0.2) is 67.0 Å². The Bertz CT molecular complexity index is 428. The number of hydrogen-bond donors (Lipinski definition) is 2. The maximum Gasteiger partial charge on any atom is 0.241 e. The van der Waals surface area contributed by atoms with Crippen molar-refractivity contribution in [3.63, 3.8) is 0 Å². The molecule has 112 valence electrons. The smallest absolute Gasteiger partial charge is 0.241 e. The average Bonchev–Trinajstić information content (AvgIpc) is 2.87. The van der Waals surface area contributed by atoms with Gasteiger partial charge in [-0.25, -0.2) is 0 Å². The van der Waals surface area contributed by atoms with Gasteiger partial charge in [-0.3, -0.25) is 14.4 Å². The third-order valence-electron chi connectivity index (χ3n) is 3.44. The Hall–Kier alpha value is -1.44. The summed E-state index contributed by atoms with van der Waals surface area (Å²) in [6, 6.07) is -0.353. The second kappa shape index (κ2) is 7.37. The summed E-state index contributed by atoms with van der Waals surface area (Å²) in [4.78, 5) is 14.5. The summed E-state index contributed by atoms with van der Waals surface area (Å²) in [7, 11) is 3.62. The number of hydrogen-bond acceptors (Lipinski definition) is 5. The average molecular weight is 281 g/mol. The van der Waals surface area contributed by atoms with Gasteiger partial charge in [-0.05, 0) is 7.05 Å². The summed E-state index contributed by atoms with van der Waals surface area (Å²) in [5.74, 6) is -0.0197. The molecular weight excluding hydrogens is 258 g/mol. The molecule has 0 saturated carbocycles. The highest BCUT2D eigenvalue weighted by molar-refractivity contribution is 5.82. The molecule has 0 bridgehead atoms. The Balaban J connectivity index is 1.77. The number of carbonyl (C=O) groups excluding carboxylic acids is 1. The number of likely N-dealkylation sites (N-methyl/N-ethyl adjacent to an activating group) is 1. The first kappa shape index (κ1) is 15.0. The molecule has 2 rings (SSSR count). The van der Waals surface area contributed by atoms with E-state index < -0.39 is 0 Å². The predicted octanol–water partition coefficient (Wildman–Crippen LogP) is -0.871. The number of ether oxygens (including phenoxy) is 1. The van der Waals surface area contributed by atoms with Crippen LogP contribution in [0.4, 0.5) is 0 Å². The van der Waals surface area contributed by atoms with E-state index in [1.165, 1.54) is 0 Å². The van der Waals surface area contributed by atoms with Crippen molar-refractivity contribution in [1.82, 2.24) is 25.3 Å². The van der Waals surface area contributed by atoms with Gasteiger partial charge in [0.25, 0.3) is 0 Å². The van der Waals surface area contributed by atoms with E-state index in [9.17, 15) is 4.79 Å². The van der Waals surface area contributed by atoms with Gasteiger partial charge in [0.1, 0.15) is 6.04 Å². The first-order valence-electron chi connectivity index (χ1n) is 6.94. The Kier molecular flexibility index (Phi) is 5.51. The highest BCUT2D eigenvalue weighted by Crippen LogP contribution is 2.10. The molecule has 1 aliphatic rings. The minimum absolute atomic E-state index is 0.0197. The quantitative estimate of drug-likeness (QED) is 0.709. The third-order valence-corrected chi connectivity index (χ3v) is 3.44. The molecule has 1 amide bonds. The predicted molar refractivity (Wildman–Crippen MR) is 75.3 cm³/mol. The molecule has 1 saturated heterocycles. The Morgan fingerprint density at radius 3 is 2.85 bits per heavy atom. The van der Waals surface area contributed by atoms with Gasteiger partial charge in [0.15, 0.2) is 0 Å². The summed E-state index contributed by atoms with van der Waals surface area (Å²) in [6.07, 6.45) is 3.56. The van der Waals surface area contributed by atoms with Crippen LogP contribution < -0.4 is 10.6 Å². The molecule has 0 spiro atoms. The molecule has 1 fully saturated rings. The van der Waals surface area contributed by atoms with Crippen molar-refractivity contribution in [3.05, 3.63) is 18.0 Å². The molecule has 0 radical (unpaired) electrons. The second-order valence-electron chi connectivity index (χ2n) is 4.91. The van der Waals surface area contributed by atoms with Crippen molar-refractivity contribution in [2.24, 2.45) is 7.05 Å². The number of aromatic nitrogens is 2. The largest absolute Gasteiger partial charge is 0.379 e. The topological polar surface area (TPSA) is 71.4 Å². The van der Waals surface area contributed by atoms with E-state index in [2.05, 4.69) is 20.6 Å². The van der Waals surface area contributed by atoms with Gasteiger partial charge in [0.05, 0.1) is 19.4 Å². The van der Waals surface area contributed by atoms with E-state index in [4.69, 9.17) is 4.74 Å². The van der Waals surface area contributed by atoms with Crippen LogP contribution in [0.5, 0.6) is 0 Å². The lowest BCUT2D eigenvalue weighted by molar-refractivity contribution is -0.123. The standard InChI is InChI=1S/C13H23N5O2/c1-14-12(11-9-16-17(2)10-11)13(19)15-3-4-18-5-7-20-8-6-18/h9-10,12,14H,3-8H2,1-2H3,(H,15,19). The Morgan fingerprint density at radius 2 is 2.25 bits per heavy atom.